The molecule has 8 heteroatoms. The van der Waals surface area contributed by atoms with Crippen molar-refractivity contribution in [2.24, 2.45) is 0 Å². The van der Waals surface area contributed by atoms with Crippen LogP contribution in [0.3, 0.4) is 0 Å². The SMILES string of the molecule is CCNCc1cncc(-c2ccc3[nH]nc(-c4cc5c(N6CCCCC6)nccc5[nH]4)c3n2)c1. The number of hydrogen-bond donors (Lipinski definition) is 3. The molecule has 0 unspecified atom stereocenters. The van der Waals surface area contributed by atoms with Crippen molar-refractivity contribution >= 4 is 27.8 Å². The molecule has 1 saturated heterocycles. The van der Waals surface area contributed by atoms with Gasteiger partial charge in [0.15, 0.2) is 0 Å². The Morgan fingerprint density at radius 1 is 1.03 bits per heavy atom. The van der Waals surface area contributed by atoms with E-state index in [0.717, 1.165) is 82.1 Å². The lowest BCUT2D eigenvalue weighted by Gasteiger charge is -2.28. The van der Waals surface area contributed by atoms with Gasteiger partial charge in [0.1, 0.15) is 17.0 Å². The number of anilines is 1. The van der Waals surface area contributed by atoms with Gasteiger partial charge in [0.05, 0.1) is 22.4 Å². The Bertz CT molecular complexity index is 1440. The van der Waals surface area contributed by atoms with E-state index >= 15 is 0 Å². The summed E-state index contributed by atoms with van der Waals surface area (Å²) in [5, 5.41) is 12.2. The number of aromatic amines is 2. The number of hydrogen-bond acceptors (Lipinski definition) is 6. The molecule has 1 aliphatic rings. The summed E-state index contributed by atoms with van der Waals surface area (Å²) in [4.78, 5) is 20.1. The van der Waals surface area contributed by atoms with Crippen LogP contribution in [-0.2, 0) is 6.54 Å². The molecule has 34 heavy (non-hydrogen) atoms. The van der Waals surface area contributed by atoms with Crippen LogP contribution in [0.2, 0.25) is 0 Å². The van der Waals surface area contributed by atoms with Crippen LogP contribution in [0.4, 0.5) is 5.82 Å². The predicted octanol–water partition coefficient (Wildman–Crippen LogP) is 4.66. The average molecular weight is 453 g/mol. The van der Waals surface area contributed by atoms with Crippen molar-refractivity contribution in [3.63, 3.8) is 0 Å². The standard InChI is InChI=1S/C26H28N8/c1-2-27-14-17-12-18(16-28-15-17)20-6-7-22-24(31-20)25(33-32-22)23-13-19-21(30-23)8-9-29-26(19)34-10-4-3-5-11-34/h6-9,12-13,15-16,27,30H,2-5,10-11,14H2,1H3,(H,32,33). The molecule has 0 atom stereocenters. The molecular weight excluding hydrogens is 424 g/mol. The lowest BCUT2D eigenvalue weighted by Crippen LogP contribution is -2.30. The summed E-state index contributed by atoms with van der Waals surface area (Å²) in [7, 11) is 0. The van der Waals surface area contributed by atoms with Gasteiger partial charge in [-0.2, -0.15) is 5.10 Å². The van der Waals surface area contributed by atoms with E-state index < -0.39 is 0 Å². The number of aromatic nitrogens is 6. The highest BCUT2D eigenvalue weighted by molar-refractivity contribution is 5.98. The Hall–Kier alpha value is -3.78. The van der Waals surface area contributed by atoms with Gasteiger partial charge in [0, 0.05) is 49.2 Å². The molecule has 8 nitrogen and oxygen atoms in total. The Morgan fingerprint density at radius 3 is 2.82 bits per heavy atom. The number of H-pyrrole nitrogens is 2. The van der Waals surface area contributed by atoms with Gasteiger partial charge in [-0.25, -0.2) is 9.97 Å². The predicted molar refractivity (Wildman–Crippen MR) is 136 cm³/mol. The van der Waals surface area contributed by atoms with Gasteiger partial charge < -0.3 is 15.2 Å². The van der Waals surface area contributed by atoms with Crippen LogP contribution in [0, 0.1) is 0 Å². The lowest BCUT2D eigenvalue weighted by atomic mass is 10.1. The number of pyridine rings is 3. The van der Waals surface area contributed by atoms with Crippen molar-refractivity contribution in [3.05, 3.63) is 54.5 Å². The number of rotatable bonds is 6. The highest BCUT2D eigenvalue weighted by atomic mass is 15.2. The second kappa shape index (κ2) is 8.87. The Labute approximate surface area is 197 Å². The van der Waals surface area contributed by atoms with E-state index in [4.69, 9.17) is 9.97 Å². The molecular formula is C26H28N8. The number of fused-ring (bicyclic) bond motifs is 2. The second-order valence-electron chi connectivity index (χ2n) is 8.85. The molecule has 0 radical (unpaired) electrons. The van der Waals surface area contributed by atoms with Gasteiger partial charge in [-0.3, -0.25) is 10.1 Å². The molecule has 0 amide bonds. The zero-order chi connectivity index (χ0) is 22.9. The molecule has 6 heterocycles. The van der Waals surface area contributed by atoms with E-state index in [1.165, 1.54) is 19.3 Å². The van der Waals surface area contributed by atoms with Crippen molar-refractivity contribution in [2.45, 2.75) is 32.7 Å². The topological polar surface area (TPSA) is 98.4 Å². The molecule has 5 aromatic heterocycles. The monoisotopic (exact) mass is 452 g/mol. The molecule has 0 saturated carbocycles. The molecule has 6 rings (SSSR count). The minimum atomic E-state index is 0.791. The molecule has 0 aromatic carbocycles. The molecule has 0 bridgehead atoms. The van der Waals surface area contributed by atoms with E-state index in [1.54, 1.807) is 0 Å². The van der Waals surface area contributed by atoms with E-state index in [2.05, 4.69) is 49.4 Å². The molecule has 0 spiro atoms. The lowest BCUT2D eigenvalue weighted by molar-refractivity contribution is 0.575. The van der Waals surface area contributed by atoms with E-state index in [0.29, 0.717) is 0 Å². The van der Waals surface area contributed by atoms with E-state index in [-0.39, 0.29) is 0 Å². The first-order chi connectivity index (χ1) is 16.8. The molecule has 5 aromatic rings. The summed E-state index contributed by atoms with van der Waals surface area (Å²) in [6.07, 6.45) is 9.38. The minimum Gasteiger partial charge on any atom is -0.356 e. The molecule has 172 valence electrons. The van der Waals surface area contributed by atoms with Gasteiger partial charge in [-0.15, -0.1) is 0 Å². The van der Waals surface area contributed by atoms with Crippen molar-refractivity contribution < 1.29 is 0 Å². The molecule has 1 fully saturated rings. The fourth-order valence-corrected chi connectivity index (χ4v) is 4.77. The maximum Gasteiger partial charge on any atom is 0.137 e. The first-order valence-electron chi connectivity index (χ1n) is 12.0. The van der Waals surface area contributed by atoms with Crippen LogP contribution in [0.25, 0.3) is 44.6 Å². The van der Waals surface area contributed by atoms with Crippen LogP contribution in [0.1, 0.15) is 31.7 Å². The van der Waals surface area contributed by atoms with Gasteiger partial charge in [0.25, 0.3) is 0 Å². The molecule has 1 aliphatic heterocycles. The smallest absolute Gasteiger partial charge is 0.137 e. The average Bonchev–Trinajstić information content (AvgIpc) is 3.51. The maximum absolute atomic E-state index is 4.99. The number of nitrogens with one attached hydrogen (secondary N) is 3. The third kappa shape index (κ3) is 3.80. The zero-order valence-electron chi connectivity index (χ0n) is 19.3. The van der Waals surface area contributed by atoms with Gasteiger partial charge in [0.2, 0.25) is 0 Å². The highest BCUT2D eigenvalue weighted by Gasteiger charge is 2.19. The third-order valence-corrected chi connectivity index (χ3v) is 6.52. The highest BCUT2D eigenvalue weighted by Crippen LogP contribution is 2.33. The minimum absolute atomic E-state index is 0.791. The third-order valence-electron chi connectivity index (χ3n) is 6.52. The molecule has 0 aliphatic carbocycles. The quantitative estimate of drug-likeness (QED) is 0.347. The second-order valence-corrected chi connectivity index (χ2v) is 8.85. The summed E-state index contributed by atoms with van der Waals surface area (Å²) < 4.78 is 0. The van der Waals surface area contributed by atoms with Gasteiger partial charge in [-0.05, 0) is 61.7 Å². The number of nitrogens with zero attached hydrogens (tertiary/aromatic N) is 5. The molecule has 3 N–H and O–H groups in total. The van der Waals surface area contributed by atoms with Gasteiger partial charge >= 0.3 is 0 Å². The fourth-order valence-electron chi connectivity index (χ4n) is 4.77. The van der Waals surface area contributed by atoms with Crippen molar-refractivity contribution in [1.29, 1.82) is 0 Å². The van der Waals surface area contributed by atoms with Crippen LogP contribution < -0.4 is 10.2 Å². The Balaban J connectivity index is 1.40. The van der Waals surface area contributed by atoms with Crippen molar-refractivity contribution in [1.82, 2.24) is 35.5 Å². The number of piperidine rings is 1. The largest absolute Gasteiger partial charge is 0.356 e. The van der Waals surface area contributed by atoms with Crippen molar-refractivity contribution in [2.75, 3.05) is 24.5 Å². The van der Waals surface area contributed by atoms with Crippen LogP contribution in [-0.4, -0.2) is 49.8 Å². The Kier molecular flexibility index (Phi) is 5.43. The van der Waals surface area contributed by atoms with E-state index in [1.807, 2.05) is 36.8 Å². The van der Waals surface area contributed by atoms with Crippen LogP contribution in [0.5, 0.6) is 0 Å². The summed E-state index contributed by atoms with van der Waals surface area (Å²) in [5.74, 6) is 1.05. The summed E-state index contributed by atoms with van der Waals surface area (Å²) >= 11 is 0. The summed E-state index contributed by atoms with van der Waals surface area (Å²) in [6.45, 7) is 5.93. The Morgan fingerprint density at radius 2 is 1.94 bits per heavy atom. The summed E-state index contributed by atoms with van der Waals surface area (Å²) in [6, 6.07) is 10.4. The van der Waals surface area contributed by atoms with Crippen LogP contribution >= 0.6 is 0 Å². The zero-order valence-corrected chi connectivity index (χ0v) is 19.3. The first kappa shape index (κ1) is 20.8. The van der Waals surface area contributed by atoms with Crippen LogP contribution in [0.15, 0.2) is 48.9 Å². The fraction of sp³-hybridized carbons (Fsp3) is 0.308. The normalized spacial score (nSPS) is 14.3. The first-order valence-corrected chi connectivity index (χ1v) is 12.0. The van der Waals surface area contributed by atoms with E-state index in [9.17, 15) is 0 Å². The van der Waals surface area contributed by atoms with Crippen molar-refractivity contribution in [3.8, 4) is 22.6 Å². The van der Waals surface area contributed by atoms with Gasteiger partial charge in [-0.1, -0.05) is 6.92 Å². The maximum atomic E-state index is 4.99. The summed E-state index contributed by atoms with van der Waals surface area (Å²) in [5.41, 5.74) is 7.59.